The molecule has 0 bridgehead atoms. The third-order valence-corrected chi connectivity index (χ3v) is 2.78. The standard InChI is InChI=1S/C8H13Cl2NO/c1-2-3-6-4-8(9,10)7(12)11-5-6/h6H,2-5H2,1H3,(H,11,12). The van der Waals surface area contributed by atoms with E-state index in [-0.39, 0.29) is 5.91 Å². The maximum atomic E-state index is 11.1. The van der Waals surface area contributed by atoms with Crippen LogP contribution in [0.25, 0.3) is 0 Å². The minimum absolute atomic E-state index is 0.252. The Bertz CT molecular complexity index is 182. The van der Waals surface area contributed by atoms with Crippen LogP contribution >= 0.6 is 23.2 Å². The summed E-state index contributed by atoms with van der Waals surface area (Å²) in [5, 5.41) is 2.70. The van der Waals surface area contributed by atoms with Crippen molar-refractivity contribution >= 4 is 29.1 Å². The highest BCUT2D eigenvalue weighted by Gasteiger charge is 2.39. The highest BCUT2D eigenvalue weighted by molar-refractivity contribution is 6.58. The number of halogens is 2. The molecule has 1 saturated heterocycles. The average Bonchev–Trinajstić information content (AvgIpc) is 1.97. The van der Waals surface area contributed by atoms with Gasteiger partial charge in [0.15, 0.2) is 4.33 Å². The molecule has 1 N–H and O–H groups in total. The Morgan fingerprint density at radius 1 is 1.67 bits per heavy atom. The molecule has 12 heavy (non-hydrogen) atoms. The fourth-order valence-electron chi connectivity index (χ4n) is 1.51. The number of nitrogens with one attached hydrogen (secondary N) is 1. The minimum atomic E-state index is -1.20. The molecule has 1 unspecified atom stereocenters. The molecule has 0 aromatic heterocycles. The van der Waals surface area contributed by atoms with E-state index < -0.39 is 4.33 Å². The molecular formula is C8H13Cl2NO. The van der Waals surface area contributed by atoms with Crippen molar-refractivity contribution in [2.75, 3.05) is 6.54 Å². The van der Waals surface area contributed by atoms with Crippen LogP contribution in [0.15, 0.2) is 0 Å². The number of hydrogen-bond donors (Lipinski definition) is 1. The van der Waals surface area contributed by atoms with Gasteiger partial charge >= 0.3 is 0 Å². The first-order valence-corrected chi connectivity index (χ1v) is 4.98. The van der Waals surface area contributed by atoms with E-state index in [9.17, 15) is 4.79 Å². The van der Waals surface area contributed by atoms with Crippen LogP contribution in [0.1, 0.15) is 26.2 Å². The lowest BCUT2D eigenvalue weighted by Crippen LogP contribution is -2.47. The molecule has 0 aromatic rings. The van der Waals surface area contributed by atoms with Crippen molar-refractivity contribution in [3.05, 3.63) is 0 Å². The van der Waals surface area contributed by atoms with Gasteiger partial charge in [0, 0.05) is 6.54 Å². The first-order valence-electron chi connectivity index (χ1n) is 4.22. The Balaban J connectivity index is 2.51. The van der Waals surface area contributed by atoms with Gasteiger partial charge in [-0.3, -0.25) is 4.79 Å². The lowest BCUT2D eigenvalue weighted by Gasteiger charge is -2.30. The minimum Gasteiger partial charge on any atom is -0.353 e. The number of alkyl halides is 2. The van der Waals surface area contributed by atoms with E-state index in [4.69, 9.17) is 23.2 Å². The maximum Gasteiger partial charge on any atom is 0.256 e. The van der Waals surface area contributed by atoms with Gasteiger partial charge in [-0.25, -0.2) is 0 Å². The van der Waals surface area contributed by atoms with Gasteiger partial charge in [0.1, 0.15) is 0 Å². The number of rotatable bonds is 2. The van der Waals surface area contributed by atoms with Gasteiger partial charge in [-0.05, 0) is 18.8 Å². The quantitative estimate of drug-likeness (QED) is 0.694. The lowest BCUT2D eigenvalue weighted by atomic mass is 9.94. The van der Waals surface area contributed by atoms with Crippen molar-refractivity contribution in [1.82, 2.24) is 5.32 Å². The Labute approximate surface area is 82.6 Å². The topological polar surface area (TPSA) is 29.1 Å². The van der Waals surface area contributed by atoms with E-state index in [1.165, 1.54) is 0 Å². The van der Waals surface area contributed by atoms with Gasteiger partial charge in [0.2, 0.25) is 0 Å². The van der Waals surface area contributed by atoms with Gasteiger partial charge in [-0.2, -0.15) is 0 Å². The van der Waals surface area contributed by atoms with Crippen LogP contribution in [-0.2, 0) is 4.79 Å². The van der Waals surface area contributed by atoms with E-state index in [1.807, 2.05) is 0 Å². The summed E-state index contributed by atoms with van der Waals surface area (Å²) >= 11 is 11.6. The fourth-order valence-corrected chi connectivity index (χ4v) is 2.08. The fraction of sp³-hybridized carbons (Fsp3) is 0.875. The molecule has 1 heterocycles. The third-order valence-electron chi connectivity index (χ3n) is 2.13. The number of carbonyl (C=O) groups is 1. The summed E-state index contributed by atoms with van der Waals surface area (Å²) in [7, 11) is 0. The molecule has 0 radical (unpaired) electrons. The Kier molecular flexibility index (Phi) is 3.24. The van der Waals surface area contributed by atoms with E-state index in [0.717, 1.165) is 12.8 Å². The van der Waals surface area contributed by atoms with Crippen LogP contribution in [0.3, 0.4) is 0 Å². The molecule has 4 heteroatoms. The molecule has 2 nitrogen and oxygen atoms in total. The van der Waals surface area contributed by atoms with Crippen LogP contribution in [0.5, 0.6) is 0 Å². The van der Waals surface area contributed by atoms with Crippen molar-refractivity contribution in [3.8, 4) is 0 Å². The Morgan fingerprint density at radius 3 is 2.83 bits per heavy atom. The highest BCUT2D eigenvalue weighted by Crippen LogP contribution is 2.33. The number of amides is 1. The molecule has 1 rings (SSSR count). The number of piperidine rings is 1. The van der Waals surface area contributed by atoms with Crippen molar-refractivity contribution in [2.24, 2.45) is 5.92 Å². The van der Waals surface area contributed by atoms with E-state index >= 15 is 0 Å². The maximum absolute atomic E-state index is 11.1. The van der Waals surface area contributed by atoms with Gasteiger partial charge < -0.3 is 5.32 Å². The van der Waals surface area contributed by atoms with Gasteiger partial charge in [-0.15, -0.1) is 0 Å². The van der Waals surface area contributed by atoms with Crippen LogP contribution < -0.4 is 5.32 Å². The summed E-state index contributed by atoms with van der Waals surface area (Å²) in [6, 6.07) is 0. The predicted molar refractivity (Wildman–Crippen MR) is 50.5 cm³/mol. The summed E-state index contributed by atoms with van der Waals surface area (Å²) in [4.78, 5) is 11.1. The zero-order valence-electron chi connectivity index (χ0n) is 7.07. The molecule has 0 aromatic carbocycles. The zero-order valence-corrected chi connectivity index (χ0v) is 8.58. The van der Waals surface area contributed by atoms with Crippen molar-refractivity contribution in [1.29, 1.82) is 0 Å². The first kappa shape index (κ1) is 10.1. The average molecular weight is 210 g/mol. The summed E-state index contributed by atoms with van der Waals surface area (Å²) in [6.07, 6.45) is 2.75. The molecule has 1 atom stereocenters. The smallest absolute Gasteiger partial charge is 0.256 e. The molecule has 1 amide bonds. The van der Waals surface area contributed by atoms with Crippen LogP contribution in [0.4, 0.5) is 0 Å². The number of hydrogen-bond acceptors (Lipinski definition) is 1. The molecule has 0 spiro atoms. The lowest BCUT2D eigenvalue weighted by molar-refractivity contribution is -0.123. The predicted octanol–water partition coefficient (Wildman–Crippen LogP) is 2.10. The monoisotopic (exact) mass is 209 g/mol. The summed E-state index contributed by atoms with van der Waals surface area (Å²) < 4.78 is -1.20. The summed E-state index contributed by atoms with van der Waals surface area (Å²) in [6.45, 7) is 2.83. The van der Waals surface area contributed by atoms with E-state index in [2.05, 4.69) is 12.2 Å². The van der Waals surface area contributed by atoms with Crippen molar-refractivity contribution < 1.29 is 4.79 Å². The second-order valence-electron chi connectivity index (χ2n) is 3.27. The van der Waals surface area contributed by atoms with E-state index in [1.54, 1.807) is 0 Å². The molecule has 1 fully saturated rings. The number of carbonyl (C=O) groups excluding carboxylic acids is 1. The highest BCUT2D eigenvalue weighted by atomic mass is 35.5. The van der Waals surface area contributed by atoms with Crippen LogP contribution in [0.2, 0.25) is 0 Å². The molecule has 1 aliphatic rings. The molecule has 0 aliphatic carbocycles. The zero-order chi connectivity index (χ0) is 9.19. The largest absolute Gasteiger partial charge is 0.353 e. The Morgan fingerprint density at radius 2 is 2.33 bits per heavy atom. The van der Waals surface area contributed by atoms with Crippen molar-refractivity contribution in [2.45, 2.75) is 30.5 Å². The third kappa shape index (κ3) is 2.27. The second-order valence-corrected chi connectivity index (χ2v) is 4.76. The summed E-state index contributed by atoms with van der Waals surface area (Å²) in [5.74, 6) is 0.181. The van der Waals surface area contributed by atoms with Gasteiger partial charge in [0.25, 0.3) is 5.91 Å². The first-order chi connectivity index (χ1) is 5.56. The SMILES string of the molecule is CCCC1CNC(=O)C(Cl)(Cl)C1. The molecular weight excluding hydrogens is 197 g/mol. The summed E-state index contributed by atoms with van der Waals surface area (Å²) in [5.41, 5.74) is 0. The van der Waals surface area contributed by atoms with Gasteiger partial charge in [-0.1, -0.05) is 36.5 Å². The Hall–Kier alpha value is 0.0500. The van der Waals surface area contributed by atoms with Crippen LogP contribution in [-0.4, -0.2) is 16.8 Å². The van der Waals surface area contributed by atoms with E-state index in [0.29, 0.717) is 18.9 Å². The molecule has 70 valence electrons. The molecule has 0 saturated carbocycles. The van der Waals surface area contributed by atoms with Crippen molar-refractivity contribution in [3.63, 3.8) is 0 Å². The molecule has 1 aliphatic heterocycles. The second kappa shape index (κ2) is 3.84. The normalized spacial score (nSPS) is 28.2. The van der Waals surface area contributed by atoms with Crippen LogP contribution in [0, 0.1) is 5.92 Å². The van der Waals surface area contributed by atoms with Gasteiger partial charge in [0.05, 0.1) is 0 Å².